The molecule has 1 atom stereocenters. The van der Waals surface area contributed by atoms with Crippen molar-refractivity contribution in [2.24, 2.45) is 0 Å². The molecule has 1 aromatic heterocycles. The number of piperidine rings is 1. The molecule has 3 aromatic rings. The van der Waals surface area contributed by atoms with E-state index in [0.717, 1.165) is 43.1 Å². The second-order valence-electron chi connectivity index (χ2n) is 6.91. The lowest BCUT2D eigenvalue weighted by Crippen LogP contribution is -2.48. The van der Waals surface area contributed by atoms with Crippen LogP contribution in [0.2, 0.25) is 0 Å². The standard InChI is InChI=1S/C22H24N4O2/c1-28-21-12-6-5-11-19(21)25-13-7-8-17(15-25)24-22(27)20-14-23-16-26(20)18-9-3-2-4-10-18/h2-6,9-12,14,16-17H,7-8,13,15H2,1H3,(H,24,27). The molecular weight excluding hydrogens is 352 g/mol. The molecule has 0 radical (unpaired) electrons. The number of nitrogens with one attached hydrogen (secondary N) is 1. The smallest absolute Gasteiger partial charge is 0.270 e. The third kappa shape index (κ3) is 3.71. The van der Waals surface area contributed by atoms with Crippen LogP contribution in [-0.2, 0) is 0 Å². The normalized spacial score (nSPS) is 16.6. The second kappa shape index (κ2) is 8.17. The number of benzene rings is 2. The summed E-state index contributed by atoms with van der Waals surface area (Å²) in [6.07, 6.45) is 5.26. The Kier molecular flexibility index (Phi) is 5.28. The minimum atomic E-state index is -0.103. The number of methoxy groups -OCH3 is 1. The van der Waals surface area contributed by atoms with Crippen molar-refractivity contribution in [1.82, 2.24) is 14.9 Å². The number of rotatable bonds is 5. The molecule has 6 heteroatoms. The highest BCUT2D eigenvalue weighted by molar-refractivity contribution is 5.93. The highest BCUT2D eigenvalue weighted by atomic mass is 16.5. The number of hydrogen-bond donors (Lipinski definition) is 1. The molecule has 1 fully saturated rings. The summed E-state index contributed by atoms with van der Waals surface area (Å²) >= 11 is 0. The molecule has 0 saturated carbocycles. The van der Waals surface area contributed by atoms with Gasteiger partial charge in [0.2, 0.25) is 0 Å². The predicted molar refractivity (Wildman–Crippen MR) is 109 cm³/mol. The van der Waals surface area contributed by atoms with E-state index in [-0.39, 0.29) is 11.9 Å². The number of nitrogens with zero attached hydrogens (tertiary/aromatic N) is 3. The van der Waals surface area contributed by atoms with Crippen molar-refractivity contribution in [3.05, 3.63) is 72.8 Å². The fraction of sp³-hybridized carbons (Fsp3) is 0.273. The molecule has 28 heavy (non-hydrogen) atoms. The summed E-state index contributed by atoms with van der Waals surface area (Å²) in [4.78, 5) is 19.4. The first-order valence-corrected chi connectivity index (χ1v) is 9.53. The number of carbonyl (C=O) groups excluding carboxylic acids is 1. The summed E-state index contributed by atoms with van der Waals surface area (Å²) in [5.41, 5.74) is 2.53. The van der Waals surface area contributed by atoms with Crippen molar-refractivity contribution >= 4 is 11.6 Å². The Morgan fingerprint density at radius 1 is 1.14 bits per heavy atom. The average Bonchev–Trinajstić information content (AvgIpc) is 3.25. The number of imidazole rings is 1. The largest absolute Gasteiger partial charge is 0.495 e. The summed E-state index contributed by atoms with van der Waals surface area (Å²) < 4.78 is 7.31. The van der Waals surface area contributed by atoms with Gasteiger partial charge in [-0.15, -0.1) is 0 Å². The highest BCUT2D eigenvalue weighted by Gasteiger charge is 2.24. The van der Waals surface area contributed by atoms with Crippen molar-refractivity contribution in [3.8, 4) is 11.4 Å². The lowest BCUT2D eigenvalue weighted by atomic mass is 10.0. The summed E-state index contributed by atoms with van der Waals surface area (Å²) in [6.45, 7) is 1.71. The van der Waals surface area contributed by atoms with Crippen LogP contribution in [0.1, 0.15) is 23.3 Å². The molecule has 1 unspecified atom stereocenters. The van der Waals surface area contributed by atoms with Gasteiger partial charge in [-0.1, -0.05) is 30.3 Å². The topological polar surface area (TPSA) is 59.4 Å². The molecule has 2 aromatic carbocycles. The lowest BCUT2D eigenvalue weighted by Gasteiger charge is -2.35. The fourth-order valence-corrected chi connectivity index (χ4v) is 3.72. The Bertz CT molecular complexity index is 938. The minimum Gasteiger partial charge on any atom is -0.495 e. The van der Waals surface area contributed by atoms with Gasteiger partial charge in [0.05, 0.1) is 25.3 Å². The predicted octanol–water partition coefficient (Wildman–Crippen LogP) is 3.28. The first-order valence-electron chi connectivity index (χ1n) is 9.53. The summed E-state index contributed by atoms with van der Waals surface area (Å²) in [6, 6.07) is 17.9. The van der Waals surface area contributed by atoms with E-state index < -0.39 is 0 Å². The molecule has 1 N–H and O–H groups in total. The maximum atomic E-state index is 12.9. The van der Waals surface area contributed by atoms with Crippen LogP contribution in [0.4, 0.5) is 5.69 Å². The van der Waals surface area contributed by atoms with Gasteiger partial charge in [-0.05, 0) is 37.1 Å². The first kappa shape index (κ1) is 18.1. The zero-order valence-corrected chi connectivity index (χ0v) is 15.9. The van der Waals surface area contributed by atoms with Crippen molar-refractivity contribution in [2.75, 3.05) is 25.1 Å². The Labute approximate surface area is 164 Å². The van der Waals surface area contributed by atoms with Gasteiger partial charge in [0.15, 0.2) is 0 Å². The van der Waals surface area contributed by atoms with Gasteiger partial charge in [-0.25, -0.2) is 4.98 Å². The molecule has 0 spiro atoms. The van der Waals surface area contributed by atoms with E-state index in [4.69, 9.17) is 4.74 Å². The number of carbonyl (C=O) groups is 1. The zero-order valence-electron chi connectivity index (χ0n) is 15.9. The van der Waals surface area contributed by atoms with Gasteiger partial charge in [0.1, 0.15) is 11.4 Å². The van der Waals surface area contributed by atoms with E-state index >= 15 is 0 Å². The number of amides is 1. The van der Waals surface area contributed by atoms with Gasteiger partial charge in [0, 0.05) is 24.8 Å². The van der Waals surface area contributed by atoms with Crippen LogP contribution in [0.15, 0.2) is 67.1 Å². The van der Waals surface area contributed by atoms with Crippen LogP contribution in [0, 0.1) is 0 Å². The van der Waals surface area contributed by atoms with Gasteiger partial charge in [-0.2, -0.15) is 0 Å². The fourth-order valence-electron chi connectivity index (χ4n) is 3.72. The highest BCUT2D eigenvalue weighted by Crippen LogP contribution is 2.30. The minimum absolute atomic E-state index is 0.0743. The molecular formula is C22H24N4O2. The monoisotopic (exact) mass is 376 g/mol. The van der Waals surface area contributed by atoms with E-state index in [0.29, 0.717) is 5.69 Å². The summed E-state index contributed by atoms with van der Waals surface area (Å²) in [5.74, 6) is 0.755. The summed E-state index contributed by atoms with van der Waals surface area (Å²) in [7, 11) is 1.69. The number of hydrogen-bond acceptors (Lipinski definition) is 4. The number of aromatic nitrogens is 2. The molecule has 1 aliphatic rings. The molecule has 1 aliphatic heterocycles. The molecule has 1 saturated heterocycles. The van der Waals surface area contributed by atoms with E-state index in [9.17, 15) is 4.79 Å². The van der Waals surface area contributed by atoms with Gasteiger partial charge in [0.25, 0.3) is 5.91 Å². The Morgan fingerprint density at radius 2 is 1.93 bits per heavy atom. The molecule has 1 amide bonds. The number of ether oxygens (including phenoxy) is 1. The Hall–Kier alpha value is -3.28. The van der Waals surface area contributed by atoms with E-state index in [1.54, 1.807) is 19.6 Å². The molecule has 4 rings (SSSR count). The number of para-hydroxylation sites is 3. The van der Waals surface area contributed by atoms with E-state index in [1.165, 1.54) is 0 Å². The van der Waals surface area contributed by atoms with Gasteiger partial charge in [-0.3, -0.25) is 9.36 Å². The average molecular weight is 376 g/mol. The molecule has 0 aliphatic carbocycles. The SMILES string of the molecule is COc1ccccc1N1CCCC(NC(=O)c2cncn2-c2ccccc2)C1. The molecule has 2 heterocycles. The second-order valence-corrected chi connectivity index (χ2v) is 6.91. The summed E-state index contributed by atoms with van der Waals surface area (Å²) in [5, 5.41) is 3.19. The number of anilines is 1. The van der Waals surface area contributed by atoms with Crippen LogP contribution in [0.25, 0.3) is 5.69 Å². The molecule has 6 nitrogen and oxygen atoms in total. The molecule has 144 valence electrons. The Morgan fingerprint density at radius 3 is 2.75 bits per heavy atom. The maximum Gasteiger partial charge on any atom is 0.270 e. The quantitative estimate of drug-likeness (QED) is 0.742. The first-order chi connectivity index (χ1) is 13.8. The van der Waals surface area contributed by atoms with Crippen LogP contribution >= 0.6 is 0 Å². The van der Waals surface area contributed by atoms with Crippen LogP contribution in [-0.4, -0.2) is 41.7 Å². The third-order valence-electron chi connectivity index (χ3n) is 5.09. The van der Waals surface area contributed by atoms with E-state index in [1.807, 2.05) is 53.1 Å². The van der Waals surface area contributed by atoms with E-state index in [2.05, 4.69) is 21.3 Å². The van der Waals surface area contributed by atoms with Crippen molar-refractivity contribution in [1.29, 1.82) is 0 Å². The van der Waals surface area contributed by atoms with Crippen LogP contribution in [0.5, 0.6) is 5.75 Å². The van der Waals surface area contributed by atoms with Crippen LogP contribution in [0.3, 0.4) is 0 Å². The van der Waals surface area contributed by atoms with Crippen molar-refractivity contribution in [2.45, 2.75) is 18.9 Å². The van der Waals surface area contributed by atoms with Gasteiger partial charge >= 0.3 is 0 Å². The Balaban J connectivity index is 1.48. The third-order valence-corrected chi connectivity index (χ3v) is 5.09. The molecule has 0 bridgehead atoms. The van der Waals surface area contributed by atoms with Crippen molar-refractivity contribution in [3.63, 3.8) is 0 Å². The van der Waals surface area contributed by atoms with Crippen molar-refractivity contribution < 1.29 is 9.53 Å². The lowest BCUT2D eigenvalue weighted by molar-refractivity contribution is 0.0926. The van der Waals surface area contributed by atoms with Crippen LogP contribution < -0.4 is 15.0 Å². The maximum absolute atomic E-state index is 12.9. The van der Waals surface area contributed by atoms with Gasteiger partial charge < -0.3 is 15.0 Å². The zero-order chi connectivity index (χ0) is 19.3.